The fraction of sp³-hybridized carbons (Fsp3) is 0.533. The van der Waals surface area contributed by atoms with Crippen LogP contribution in [0.2, 0.25) is 0 Å². The summed E-state index contributed by atoms with van der Waals surface area (Å²) in [4.78, 5) is 11.9. The first-order chi connectivity index (χ1) is 8.51. The largest absolute Gasteiger partial charge is 0.394 e. The second kappa shape index (κ2) is 7.17. The average molecular weight is 249 g/mol. The first-order valence-electron chi connectivity index (χ1n) is 6.47. The second-order valence-electron chi connectivity index (χ2n) is 5.24. The molecule has 0 aromatic heterocycles. The zero-order chi connectivity index (χ0) is 13.5. The highest BCUT2D eigenvalue weighted by Gasteiger charge is 2.13. The molecule has 1 atom stereocenters. The number of carbonyl (C=O) groups excluding carboxylic acids is 1. The summed E-state index contributed by atoms with van der Waals surface area (Å²) in [6, 6.07) is 7.79. The van der Waals surface area contributed by atoms with E-state index in [9.17, 15) is 9.90 Å². The van der Waals surface area contributed by atoms with Crippen molar-refractivity contribution in [3.63, 3.8) is 0 Å². The molecule has 0 aliphatic heterocycles. The number of aliphatic hydroxyl groups excluding tert-OH is 1. The van der Waals surface area contributed by atoms with Crippen molar-refractivity contribution in [3.8, 4) is 0 Å². The van der Waals surface area contributed by atoms with Crippen molar-refractivity contribution in [1.82, 2.24) is 5.32 Å². The van der Waals surface area contributed by atoms with Gasteiger partial charge in [-0.2, -0.15) is 0 Å². The van der Waals surface area contributed by atoms with E-state index in [0.717, 1.165) is 17.5 Å². The Morgan fingerprint density at radius 2 is 2.11 bits per heavy atom. The molecule has 0 bridgehead atoms. The molecule has 0 saturated heterocycles. The smallest absolute Gasteiger partial charge is 0.224 e. The van der Waals surface area contributed by atoms with E-state index in [1.165, 1.54) is 0 Å². The number of aliphatic hydroxyl groups is 1. The van der Waals surface area contributed by atoms with Crippen LogP contribution in [0, 0.1) is 12.8 Å². The van der Waals surface area contributed by atoms with Gasteiger partial charge in [0.2, 0.25) is 5.91 Å². The zero-order valence-corrected chi connectivity index (χ0v) is 11.4. The Labute approximate surface area is 109 Å². The molecule has 1 amide bonds. The fourth-order valence-corrected chi connectivity index (χ4v) is 2.03. The molecule has 0 radical (unpaired) electrons. The first-order valence-corrected chi connectivity index (χ1v) is 6.47. The lowest BCUT2D eigenvalue weighted by atomic mass is 10.0. The number of hydrogen-bond acceptors (Lipinski definition) is 2. The molecule has 0 aliphatic rings. The molecule has 0 aliphatic carbocycles. The zero-order valence-electron chi connectivity index (χ0n) is 11.4. The predicted molar refractivity (Wildman–Crippen MR) is 73.4 cm³/mol. The molecule has 2 N–H and O–H groups in total. The minimum absolute atomic E-state index is 0.00224. The van der Waals surface area contributed by atoms with Gasteiger partial charge in [-0.05, 0) is 24.8 Å². The molecule has 0 spiro atoms. The van der Waals surface area contributed by atoms with Gasteiger partial charge in [-0.1, -0.05) is 43.7 Å². The van der Waals surface area contributed by atoms with Crippen molar-refractivity contribution in [2.45, 2.75) is 39.7 Å². The van der Waals surface area contributed by atoms with Gasteiger partial charge in [-0.25, -0.2) is 0 Å². The number of rotatable bonds is 6. The molecule has 3 nitrogen and oxygen atoms in total. The minimum atomic E-state index is -0.137. The summed E-state index contributed by atoms with van der Waals surface area (Å²) in [5, 5.41) is 12.1. The average Bonchev–Trinajstić information content (AvgIpc) is 2.27. The van der Waals surface area contributed by atoms with Gasteiger partial charge in [0.05, 0.1) is 19.1 Å². The van der Waals surface area contributed by atoms with Gasteiger partial charge >= 0.3 is 0 Å². The number of aryl methyl sites for hydroxylation is 1. The molecule has 0 fully saturated rings. The molecular weight excluding hydrogens is 226 g/mol. The lowest BCUT2D eigenvalue weighted by Crippen LogP contribution is -2.39. The number of hydrogen-bond donors (Lipinski definition) is 2. The summed E-state index contributed by atoms with van der Waals surface area (Å²) in [6.07, 6.45) is 1.17. The van der Waals surface area contributed by atoms with Crippen LogP contribution >= 0.6 is 0 Å². The standard InChI is InChI=1S/C15H23NO2/c1-11(2)7-14(10-17)16-15(18)9-13-6-4-5-12(3)8-13/h4-6,8,11,14,17H,7,9-10H2,1-3H3,(H,16,18). The Balaban J connectivity index is 2.50. The Morgan fingerprint density at radius 1 is 1.39 bits per heavy atom. The summed E-state index contributed by atoms with van der Waals surface area (Å²) in [5.74, 6) is 0.432. The molecule has 1 aromatic carbocycles. The first kappa shape index (κ1) is 14.7. The van der Waals surface area contributed by atoms with Gasteiger partial charge in [-0.15, -0.1) is 0 Å². The maximum absolute atomic E-state index is 11.9. The SMILES string of the molecule is Cc1cccc(CC(=O)NC(CO)CC(C)C)c1. The lowest BCUT2D eigenvalue weighted by Gasteiger charge is -2.18. The normalized spacial score (nSPS) is 12.5. The topological polar surface area (TPSA) is 49.3 Å². The molecule has 18 heavy (non-hydrogen) atoms. The van der Waals surface area contributed by atoms with Crippen LogP contribution in [0.3, 0.4) is 0 Å². The van der Waals surface area contributed by atoms with E-state index in [1.54, 1.807) is 0 Å². The van der Waals surface area contributed by atoms with Crippen molar-refractivity contribution >= 4 is 5.91 Å². The van der Waals surface area contributed by atoms with Crippen LogP contribution in [-0.2, 0) is 11.2 Å². The molecule has 0 heterocycles. The van der Waals surface area contributed by atoms with Crippen LogP contribution in [0.25, 0.3) is 0 Å². The van der Waals surface area contributed by atoms with Crippen LogP contribution in [-0.4, -0.2) is 23.7 Å². The van der Waals surface area contributed by atoms with Crippen LogP contribution in [0.15, 0.2) is 24.3 Å². The van der Waals surface area contributed by atoms with Gasteiger partial charge in [0.25, 0.3) is 0 Å². The van der Waals surface area contributed by atoms with Gasteiger partial charge in [0.1, 0.15) is 0 Å². The van der Waals surface area contributed by atoms with E-state index in [-0.39, 0.29) is 18.6 Å². The van der Waals surface area contributed by atoms with E-state index in [2.05, 4.69) is 19.2 Å². The Morgan fingerprint density at radius 3 is 2.67 bits per heavy atom. The predicted octanol–water partition coefficient (Wildman–Crippen LogP) is 2.06. The highest BCUT2D eigenvalue weighted by atomic mass is 16.3. The highest BCUT2D eigenvalue weighted by Crippen LogP contribution is 2.07. The van der Waals surface area contributed by atoms with Gasteiger partial charge in [-0.3, -0.25) is 4.79 Å². The van der Waals surface area contributed by atoms with E-state index in [4.69, 9.17) is 0 Å². The van der Waals surface area contributed by atoms with Gasteiger partial charge < -0.3 is 10.4 Å². The fourth-order valence-electron chi connectivity index (χ4n) is 2.03. The van der Waals surface area contributed by atoms with E-state index in [1.807, 2.05) is 31.2 Å². The number of nitrogens with one attached hydrogen (secondary N) is 1. The third-order valence-electron chi connectivity index (χ3n) is 2.79. The summed E-state index contributed by atoms with van der Waals surface area (Å²) in [7, 11) is 0. The van der Waals surface area contributed by atoms with Gasteiger partial charge in [0, 0.05) is 0 Å². The quantitative estimate of drug-likeness (QED) is 0.810. The van der Waals surface area contributed by atoms with Crippen molar-refractivity contribution in [1.29, 1.82) is 0 Å². The van der Waals surface area contributed by atoms with E-state index >= 15 is 0 Å². The Hall–Kier alpha value is -1.35. The maximum atomic E-state index is 11.9. The number of amides is 1. The van der Waals surface area contributed by atoms with Crippen LogP contribution in [0.1, 0.15) is 31.4 Å². The second-order valence-corrected chi connectivity index (χ2v) is 5.24. The molecule has 0 saturated carbocycles. The van der Waals surface area contributed by atoms with E-state index in [0.29, 0.717) is 12.3 Å². The Bertz CT molecular complexity index is 388. The third kappa shape index (κ3) is 5.32. The summed E-state index contributed by atoms with van der Waals surface area (Å²) in [6.45, 7) is 6.17. The van der Waals surface area contributed by atoms with Crippen LogP contribution in [0.5, 0.6) is 0 Å². The molecule has 1 unspecified atom stereocenters. The molecule has 1 rings (SSSR count). The van der Waals surface area contributed by atoms with Crippen molar-refractivity contribution in [3.05, 3.63) is 35.4 Å². The number of carbonyl (C=O) groups is 1. The molecule has 1 aromatic rings. The summed E-state index contributed by atoms with van der Waals surface area (Å²) >= 11 is 0. The minimum Gasteiger partial charge on any atom is -0.394 e. The molecule has 100 valence electrons. The van der Waals surface area contributed by atoms with Crippen LogP contribution < -0.4 is 5.32 Å². The van der Waals surface area contributed by atoms with Gasteiger partial charge in [0.15, 0.2) is 0 Å². The number of benzene rings is 1. The van der Waals surface area contributed by atoms with Crippen molar-refractivity contribution in [2.24, 2.45) is 5.92 Å². The lowest BCUT2D eigenvalue weighted by molar-refractivity contribution is -0.121. The third-order valence-corrected chi connectivity index (χ3v) is 2.79. The molecular formula is C15H23NO2. The molecule has 3 heteroatoms. The Kier molecular flexibility index (Phi) is 5.86. The van der Waals surface area contributed by atoms with Crippen molar-refractivity contribution in [2.75, 3.05) is 6.61 Å². The summed E-state index contributed by atoms with van der Waals surface area (Å²) < 4.78 is 0. The monoisotopic (exact) mass is 249 g/mol. The maximum Gasteiger partial charge on any atom is 0.224 e. The van der Waals surface area contributed by atoms with Crippen LogP contribution in [0.4, 0.5) is 0 Å². The highest BCUT2D eigenvalue weighted by molar-refractivity contribution is 5.78. The van der Waals surface area contributed by atoms with Crippen molar-refractivity contribution < 1.29 is 9.90 Å². The summed E-state index contributed by atoms with van der Waals surface area (Å²) in [5.41, 5.74) is 2.16. The van der Waals surface area contributed by atoms with E-state index < -0.39 is 0 Å².